The molecule has 32 heavy (non-hydrogen) atoms. The highest BCUT2D eigenvalue weighted by atomic mass is 16.5. The Kier molecular flexibility index (Phi) is 6.76. The minimum Gasteiger partial charge on any atom is -0.374 e. The van der Waals surface area contributed by atoms with Crippen molar-refractivity contribution in [1.82, 2.24) is 20.3 Å². The van der Waals surface area contributed by atoms with Crippen LogP contribution in [-0.4, -0.2) is 80.1 Å². The molecule has 1 atom stereocenters. The van der Waals surface area contributed by atoms with E-state index in [1.165, 1.54) is 16.8 Å². The van der Waals surface area contributed by atoms with Crippen LogP contribution in [-0.2, 0) is 16.0 Å². The van der Waals surface area contributed by atoms with E-state index in [4.69, 9.17) is 4.52 Å². The fourth-order valence-electron chi connectivity index (χ4n) is 4.47. The summed E-state index contributed by atoms with van der Waals surface area (Å²) >= 11 is 0. The molecule has 4 rings (SSSR count). The number of benzene rings is 1. The first-order valence-corrected chi connectivity index (χ1v) is 11.2. The van der Waals surface area contributed by atoms with Crippen molar-refractivity contribution in [2.75, 3.05) is 63.6 Å². The van der Waals surface area contributed by atoms with Crippen LogP contribution < -0.4 is 15.5 Å². The number of rotatable bonds is 5. The van der Waals surface area contributed by atoms with Crippen LogP contribution in [0, 0.1) is 6.92 Å². The van der Waals surface area contributed by atoms with E-state index >= 15 is 0 Å². The molecule has 2 N–H and O–H groups in total. The Bertz CT molecular complexity index is 966. The maximum atomic E-state index is 12.5. The van der Waals surface area contributed by atoms with Crippen LogP contribution in [0.3, 0.4) is 0 Å². The monoisotopic (exact) mass is 440 g/mol. The SMILES string of the molecule is Cc1cc(NC(=O)C(=O)NCC(c2ccc3c(c2)CCCN3C)N2CCN(C)CC2)no1. The molecule has 0 bridgehead atoms. The number of aryl methyl sites for hydroxylation is 2. The van der Waals surface area contributed by atoms with Gasteiger partial charge >= 0.3 is 11.8 Å². The van der Waals surface area contributed by atoms with Gasteiger partial charge in [-0.25, -0.2) is 0 Å². The Hall–Kier alpha value is -2.91. The van der Waals surface area contributed by atoms with E-state index in [9.17, 15) is 9.59 Å². The quantitative estimate of drug-likeness (QED) is 0.679. The average Bonchev–Trinajstić information content (AvgIpc) is 3.19. The molecule has 9 nitrogen and oxygen atoms in total. The number of carbonyl (C=O) groups excluding carboxylic acids is 2. The van der Waals surface area contributed by atoms with Gasteiger partial charge in [0.25, 0.3) is 0 Å². The zero-order valence-electron chi connectivity index (χ0n) is 19.1. The first kappa shape index (κ1) is 22.3. The highest BCUT2D eigenvalue weighted by molar-refractivity contribution is 6.39. The molecule has 1 aromatic heterocycles. The zero-order valence-corrected chi connectivity index (χ0v) is 19.1. The third-order valence-corrected chi connectivity index (χ3v) is 6.35. The molecule has 2 aliphatic heterocycles. The summed E-state index contributed by atoms with van der Waals surface area (Å²) in [4.78, 5) is 31.8. The lowest BCUT2D eigenvalue weighted by molar-refractivity contribution is -0.136. The van der Waals surface area contributed by atoms with Gasteiger partial charge in [0.15, 0.2) is 5.82 Å². The van der Waals surface area contributed by atoms with Crippen molar-refractivity contribution in [3.8, 4) is 0 Å². The Labute approximate surface area is 188 Å². The van der Waals surface area contributed by atoms with E-state index < -0.39 is 11.8 Å². The lowest BCUT2D eigenvalue weighted by Crippen LogP contribution is -2.49. The second-order valence-electron chi connectivity index (χ2n) is 8.76. The van der Waals surface area contributed by atoms with Crippen LogP contribution in [0.5, 0.6) is 0 Å². The highest BCUT2D eigenvalue weighted by Gasteiger charge is 2.27. The van der Waals surface area contributed by atoms with Gasteiger partial charge in [0.05, 0.1) is 6.04 Å². The molecular formula is C23H32N6O3. The van der Waals surface area contributed by atoms with Crippen molar-refractivity contribution < 1.29 is 14.1 Å². The van der Waals surface area contributed by atoms with Gasteiger partial charge in [0.2, 0.25) is 0 Å². The first-order chi connectivity index (χ1) is 15.4. The van der Waals surface area contributed by atoms with E-state index in [1.807, 2.05) is 0 Å². The second-order valence-corrected chi connectivity index (χ2v) is 8.76. The predicted molar refractivity (Wildman–Crippen MR) is 123 cm³/mol. The summed E-state index contributed by atoms with van der Waals surface area (Å²) in [5.74, 6) is -0.629. The molecule has 0 spiro atoms. The minimum absolute atomic E-state index is 0.00674. The number of nitrogens with zero attached hydrogens (tertiary/aromatic N) is 4. The van der Waals surface area contributed by atoms with Crippen molar-refractivity contribution in [3.63, 3.8) is 0 Å². The fourth-order valence-corrected chi connectivity index (χ4v) is 4.47. The van der Waals surface area contributed by atoms with E-state index in [2.05, 4.69) is 62.8 Å². The van der Waals surface area contributed by atoms with Crippen molar-refractivity contribution >= 4 is 23.3 Å². The molecule has 9 heteroatoms. The van der Waals surface area contributed by atoms with Crippen molar-refractivity contribution in [1.29, 1.82) is 0 Å². The van der Waals surface area contributed by atoms with Gasteiger partial charge in [-0.15, -0.1) is 0 Å². The zero-order chi connectivity index (χ0) is 22.7. The molecule has 0 aliphatic carbocycles. The molecule has 1 unspecified atom stereocenters. The predicted octanol–water partition coefficient (Wildman–Crippen LogP) is 1.41. The molecule has 0 saturated carbocycles. The van der Waals surface area contributed by atoms with Crippen LogP contribution in [0.25, 0.3) is 0 Å². The lowest BCUT2D eigenvalue weighted by atomic mass is 9.95. The molecule has 2 amide bonds. The fraction of sp³-hybridized carbons (Fsp3) is 0.522. The summed E-state index contributed by atoms with van der Waals surface area (Å²) in [5, 5.41) is 9.01. The number of amides is 2. The maximum Gasteiger partial charge on any atom is 0.314 e. The van der Waals surface area contributed by atoms with E-state index in [0.29, 0.717) is 12.3 Å². The summed E-state index contributed by atoms with van der Waals surface area (Å²) in [6, 6.07) is 8.20. The van der Waals surface area contributed by atoms with Gasteiger partial charge in [-0.1, -0.05) is 17.3 Å². The summed E-state index contributed by atoms with van der Waals surface area (Å²) in [5.41, 5.74) is 3.81. The van der Waals surface area contributed by atoms with Crippen molar-refractivity contribution in [2.24, 2.45) is 0 Å². The first-order valence-electron chi connectivity index (χ1n) is 11.2. The number of likely N-dealkylation sites (N-methyl/N-ethyl adjacent to an activating group) is 1. The lowest BCUT2D eigenvalue weighted by Gasteiger charge is -2.39. The number of carbonyl (C=O) groups is 2. The standard InChI is InChI=1S/C23H32N6O3/c1-16-13-21(26-32-16)25-23(31)22(30)24-15-20(29-11-9-27(2)10-12-29)18-6-7-19-17(14-18)5-4-8-28(19)3/h6-7,13-14,20H,4-5,8-12,15H2,1-3H3,(H,24,30)(H,25,26,31). The van der Waals surface area contributed by atoms with Gasteiger partial charge in [-0.3, -0.25) is 19.8 Å². The summed E-state index contributed by atoms with van der Waals surface area (Å²) in [6.07, 6.45) is 2.21. The molecule has 1 aromatic carbocycles. The number of hydrogen-bond donors (Lipinski definition) is 2. The van der Waals surface area contributed by atoms with Crippen LogP contribution in [0.1, 0.15) is 29.3 Å². The molecule has 2 aliphatic rings. The highest BCUT2D eigenvalue weighted by Crippen LogP contribution is 2.31. The maximum absolute atomic E-state index is 12.5. The molecule has 0 radical (unpaired) electrons. The molecule has 1 saturated heterocycles. The van der Waals surface area contributed by atoms with Crippen molar-refractivity contribution in [2.45, 2.75) is 25.8 Å². The Morgan fingerprint density at radius 2 is 1.88 bits per heavy atom. The molecule has 2 aromatic rings. The number of anilines is 2. The molecule has 172 valence electrons. The van der Waals surface area contributed by atoms with Gasteiger partial charge in [-0.05, 0) is 44.0 Å². The summed E-state index contributed by atoms with van der Waals surface area (Å²) in [7, 11) is 4.25. The smallest absolute Gasteiger partial charge is 0.314 e. The number of nitrogens with one attached hydrogen (secondary N) is 2. The summed E-state index contributed by atoms with van der Waals surface area (Å²) < 4.78 is 4.93. The molecular weight excluding hydrogens is 408 g/mol. The third kappa shape index (κ3) is 5.11. The number of fused-ring (bicyclic) bond motifs is 1. The molecule has 1 fully saturated rings. The topological polar surface area (TPSA) is 94.0 Å². The van der Waals surface area contributed by atoms with E-state index in [0.717, 1.165) is 45.6 Å². The normalized spacial score (nSPS) is 18.2. The van der Waals surface area contributed by atoms with Gasteiger partial charge < -0.3 is 19.6 Å². The van der Waals surface area contributed by atoms with Crippen LogP contribution >= 0.6 is 0 Å². The number of hydrogen-bond acceptors (Lipinski definition) is 7. The van der Waals surface area contributed by atoms with Crippen molar-refractivity contribution in [3.05, 3.63) is 41.2 Å². The van der Waals surface area contributed by atoms with Crippen LogP contribution in [0.15, 0.2) is 28.8 Å². The Balaban J connectivity index is 1.47. The third-order valence-electron chi connectivity index (χ3n) is 6.35. The van der Waals surface area contributed by atoms with Crippen LogP contribution in [0.4, 0.5) is 11.5 Å². The Morgan fingerprint density at radius 3 is 2.59 bits per heavy atom. The largest absolute Gasteiger partial charge is 0.374 e. The van der Waals surface area contributed by atoms with Gasteiger partial charge in [-0.2, -0.15) is 0 Å². The summed E-state index contributed by atoms with van der Waals surface area (Å²) in [6.45, 7) is 6.94. The van der Waals surface area contributed by atoms with Gasteiger partial charge in [0.1, 0.15) is 5.76 Å². The number of piperazine rings is 1. The second kappa shape index (κ2) is 9.70. The molecule has 3 heterocycles. The number of aromatic nitrogens is 1. The Morgan fingerprint density at radius 1 is 1.09 bits per heavy atom. The minimum atomic E-state index is -0.748. The van der Waals surface area contributed by atoms with E-state index in [1.54, 1.807) is 13.0 Å². The van der Waals surface area contributed by atoms with E-state index in [-0.39, 0.29) is 11.9 Å². The van der Waals surface area contributed by atoms with Gasteiger partial charge in [0, 0.05) is 58.1 Å². The average molecular weight is 441 g/mol. The van der Waals surface area contributed by atoms with Crippen LogP contribution in [0.2, 0.25) is 0 Å².